The smallest absolute Gasteiger partial charge is 0.236 e. The highest BCUT2D eigenvalue weighted by Gasteiger charge is 2.14. The van der Waals surface area contributed by atoms with E-state index in [-0.39, 0.29) is 11.9 Å². The maximum Gasteiger partial charge on any atom is 0.236 e. The Morgan fingerprint density at radius 2 is 2.09 bits per heavy atom. The molecule has 4 heteroatoms. The molecule has 2 rings (SSSR count). The summed E-state index contributed by atoms with van der Waals surface area (Å²) in [4.78, 5) is 13.8. The molecule has 0 saturated heterocycles. The second-order valence-electron chi connectivity index (χ2n) is 5.79. The highest BCUT2D eigenvalue weighted by molar-refractivity contribution is 5.77. The number of furan rings is 1. The fourth-order valence-corrected chi connectivity index (χ4v) is 2.44. The zero-order chi connectivity index (χ0) is 16.1. The summed E-state index contributed by atoms with van der Waals surface area (Å²) in [5, 5.41) is 3.31. The monoisotopic (exact) mass is 300 g/mol. The lowest BCUT2D eigenvalue weighted by atomic mass is 10.00. The molecule has 0 aliphatic rings. The molecule has 0 bridgehead atoms. The lowest BCUT2D eigenvalue weighted by molar-refractivity contribution is -0.129. The number of nitrogens with zero attached hydrogens (tertiary/aromatic N) is 1. The van der Waals surface area contributed by atoms with Gasteiger partial charge in [0.15, 0.2) is 0 Å². The van der Waals surface area contributed by atoms with Crippen molar-refractivity contribution in [1.29, 1.82) is 0 Å². The van der Waals surface area contributed by atoms with Gasteiger partial charge >= 0.3 is 0 Å². The minimum absolute atomic E-state index is 0.0496. The number of likely N-dealkylation sites (N-methyl/N-ethyl adjacent to an activating group) is 1. The van der Waals surface area contributed by atoms with E-state index in [4.69, 9.17) is 4.42 Å². The fraction of sp³-hybridized carbons (Fsp3) is 0.389. The first-order chi connectivity index (χ1) is 10.5. The second-order valence-corrected chi connectivity index (χ2v) is 5.79. The number of hydrogen-bond donors (Lipinski definition) is 1. The van der Waals surface area contributed by atoms with Crippen LogP contribution in [0.5, 0.6) is 0 Å². The largest absolute Gasteiger partial charge is 0.467 e. The number of rotatable bonds is 6. The number of carbonyl (C=O) groups excluding carboxylic acids is 1. The Balaban J connectivity index is 1.88. The number of nitrogens with one attached hydrogen (secondary N) is 1. The molecule has 1 N–H and O–H groups in total. The molecule has 0 fully saturated rings. The van der Waals surface area contributed by atoms with Crippen molar-refractivity contribution in [3.05, 3.63) is 59.0 Å². The molecule has 0 aliphatic heterocycles. The summed E-state index contributed by atoms with van der Waals surface area (Å²) < 4.78 is 5.26. The lowest BCUT2D eigenvalue weighted by Crippen LogP contribution is -2.36. The molecule has 118 valence electrons. The van der Waals surface area contributed by atoms with Crippen LogP contribution in [0.15, 0.2) is 41.0 Å². The van der Waals surface area contributed by atoms with Crippen LogP contribution >= 0.6 is 0 Å². The van der Waals surface area contributed by atoms with Gasteiger partial charge in [0.05, 0.1) is 19.4 Å². The van der Waals surface area contributed by atoms with E-state index in [9.17, 15) is 4.79 Å². The number of amides is 1. The third-order valence-electron chi connectivity index (χ3n) is 3.86. The van der Waals surface area contributed by atoms with E-state index in [2.05, 4.69) is 44.3 Å². The molecule has 1 heterocycles. The topological polar surface area (TPSA) is 45.5 Å². The van der Waals surface area contributed by atoms with Crippen molar-refractivity contribution < 1.29 is 9.21 Å². The highest BCUT2D eigenvalue weighted by Crippen LogP contribution is 2.18. The van der Waals surface area contributed by atoms with Crippen LogP contribution in [0, 0.1) is 13.8 Å². The number of benzene rings is 1. The van der Waals surface area contributed by atoms with E-state index in [1.54, 1.807) is 18.2 Å². The quantitative estimate of drug-likeness (QED) is 0.891. The first kappa shape index (κ1) is 16.3. The summed E-state index contributed by atoms with van der Waals surface area (Å²) in [6.45, 7) is 7.06. The summed E-state index contributed by atoms with van der Waals surface area (Å²) in [6, 6.07) is 10.2. The van der Waals surface area contributed by atoms with E-state index >= 15 is 0 Å². The Hall–Kier alpha value is -2.07. The van der Waals surface area contributed by atoms with Gasteiger partial charge in [0.2, 0.25) is 5.91 Å². The predicted octanol–water partition coefficient (Wildman–Crippen LogP) is 3.21. The van der Waals surface area contributed by atoms with Crippen LogP contribution < -0.4 is 5.32 Å². The van der Waals surface area contributed by atoms with Crippen molar-refractivity contribution >= 4 is 5.91 Å². The molecule has 0 aliphatic carbocycles. The van der Waals surface area contributed by atoms with Crippen molar-refractivity contribution in [3.63, 3.8) is 0 Å². The predicted molar refractivity (Wildman–Crippen MR) is 87.5 cm³/mol. The van der Waals surface area contributed by atoms with Crippen molar-refractivity contribution in [2.24, 2.45) is 0 Å². The Morgan fingerprint density at radius 3 is 2.77 bits per heavy atom. The van der Waals surface area contributed by atoms with Gasteiger partial charge in [-0.15, -0.1) is 0 Å². The first-order valence-corrected chi connectivity index (χ1v) is 7.54. The molecule has 2 aromatic rings. The Labute approximate surface area is 132 Å². The minimum atomic E-state index is 0.0496. The summed E-state index contributed by atoms with van der Waals surface area (Å²) in [6.07, 6.45) is 1.62. The summed E-state index contributed by atoms with van der Waals surface area (Å²) in [5.74, 6) is 0.840. The van der Waals surface area contributed by atoms with Gasteiger partial charge in [-0.05, 0) is 44.0 Å². The maximum absolute atomic E-state index is 12.2. The van der Waals surface area contributed by atoms with Crippen molar-refractivity contribution in [2.75, 3.05) is 13.6 Å². The van der Waals surface area contributed by atoms with Crippen LogP contribution in [-0.2, 0) is 11.3 Å². The first-order valence-electron chi connectivity index (χ1n) is 7.54. The van der Waals surface area contributed by atoms with Gasteiger partial charge in [-0.2, -0.15) is 0 Å². The lowest BCUT2D eigenvalue weighted by Gasteiger charge is -2.20. The SMILES string of the molecule is Cc1ccc(C)c([C@@H](C)NCC(=O)N(C)Cc2ccco2)c1. The second kappa shape index (κ2) is 7.27. The van der Waals surface area contributed by atoms with Crippen LogP contribution in [0.25, 0.3) is 0 Å². The molecule has 1 atom stereocenters. The van der Waals surface area contributed by atoms with Gasteiger partial charge in [-0.1, -0.05) is 23.8 Å². The summed E-state index contributed by atoms with van der Waals surface area (Å²) in [7, 11) is 1.79. The average molecular weight is 300 g/mol. The van der Waals surface area contributed by atoms with Crippen LogP contribution in [0.2, 0.25) is 0 Å². The third kappa shape index (κ3) is 4.21. The van der Waals surface area contributed by atoms with E-state index < -0.39 is 0 Å². The average Bonchev–Trinajstić information content (AvgIpc) is 2.99. The molecule has 22 heavy (non-hydrogen) atoms. The molecular weight excluding hydrogens is 276 g/mol. The van der Waals surface area contributed by atoms with Crippen LogP contribution in [0.3, 0.4) is 0 Å². The zero-order valence-corrected chi connectivity index (χ0v) is 13.7. The summed E-state index contributed by atoms with van der Waals surface area (Å²) in [5.41, 5.74) is 3.71. The Bertz CT molecular complexity index is 620. The minimum Gasteiger partial charge on any atom is -0.467 e. The molecule has 0 saturated carbocycles. The number of carbonyl (C=O) groups is 1. The van der Waals surface area contributed by atoms with Gasteiger partial charge in [-0.25, -0.2) is 0 Å². The molecule has 0 spiro atoms. The van der Waals surface area contributed by atoms with Crippen molar-refractivity contribution in [2.45, 2.75) is 33.4 Å². The van der Waals surface area contributed by atoms with Gasteiger partial charge in [0.25, 0.3) is 0 Å². The van der Waals surface area contributed by atoms with Crippen molar-refractivity contribution in [3.8, 4) is 0 Å². The van der Waals surface area contributed by atoms with E-state index in [0.717, 1.165) is 5.76 Å². The maximum atomic E-state index is 12.2. The fourth-order valence-electron chi connectivity index (χ4n) is 2.44. The third-order valence-corrected chi connectivity index (χ3v) is 3.86. The zero-order valence-electron chi connectivity index (χ0n) is 13.7. The standard InChI is InChI=1S/C18H24N2O2/c1-13-7-8-14(2)17(10-13)15(3)19-11-18(21)20(4)12-16-6-5-9-22-16/h5-10,15,19H,11-12H2,1-4H3/t15-/m1/s1. The molecule has 1 amide bonds. The van der Waals surface area contributed by atoms with E-state index in [0.29, 0.717) is 13.1 Å². The van der Waals surface area contributed by atoms with Gasteiger partial charge in [0, 0.05) is 13.1 Å². The van der Waals surface area contributed by atoms with Gasteiger partial charge < -0.3 is 14.6 Å². The molecule has 1 aromatic carbocycles. The van der Waals surface area contributed by atoms with Crippen LogP contribution in [0.4, 0.5) is 0 Å². The Kier molecular flexibility index (Phi) is 5.39. The van der Waals surface area contributed by atoms with E-state index in [1.807, 2.05) is 12.1 Å². The van der Waals surface area contributed by atoms with Gasteiger partial charge in [0.1, 0.15) is 5.76 Å². The molecular formula is C18H24N2O2. The van der Waals surface area contributed by atoms with Crippen molar-refractivity contribution in [1.82, 2.24) is 10.2 Å². The molecule has 0 unspecified atom stereocenters. The number of hydrogen-bond acceptors (Lipinski definition) is 3. The highest BCUT2D eigenvalue weighted by atomic mass is 16.3. The normalized spacial score (nSPS) is 12.2. The molecule has 0 radical (unpaired) electrons. The Morgan fingerprint density at radius 1 is 1.32 bits per heavy atom. The summed E-state index contributed by atoms with van der Waals surface area (Å²) >= 11 is 0. The molecule has 4 nitrogen and oxygen atoms in total. The molecule has 1 aromatic heterocycles. The number of aryl methyl sites for hydroxylation is 2. The van der Waals surface area contributed by atoms with Crippen LogP contribution in [0.1, 0.15) is 35.4 Å². The van der Waals surface area contributed by atoms with Crippen LogP contribution in [-0.4, -0.2) is 24.4 Å². The van der Waals surface area contributed by atoms with Gasteiger partial charge in [-0.3, -0.25) is 4.79 Å². The van der Waals surface area contributed by atoms with E-state index in [1.165, 1.54) is 16.7 Å².